The number of rotatable bonds is 6. The molecule has 0 saturated heterocycles. The lowest BCUT2D eigenvalue weighted by atomic mass is 9.95. The van der Waals surface area contributed by atoms with Gasteiger partial charge in [-0.1, -0.05) is 0 Å². The van der Waals surface area contributed by atoms with Crippen LogP contribution in [-0.2, 0) is 5.54 Å². The Morgan fingerprint density at radius 2 is 2.16 bits per heavy atom. The zero-order valence-corrected chi connectivity index (χ0v) is 18.7. The standard InChI is InChI=1S/C18H22F2N6O4S2/c1-18(13(9-3-4-9)32(28,29)26(2)17(21)25-18)15-24-12(8-31-15)23-14(27)11-6-5-10(7-22-11)30-16(19)20/h5-9,13,16,28-29H,3-4H2,1-2H3,(H2,21,25)(H,23,27)/t13-,18+/m1/s1. The monoisotopic (exact) mass is 488 g/mol. The van der Waals surface area contributed by atoms with E-state index in [9.17, 15) is 22.7 Å². The number of halogens is 2. The number of nitrogens with zero attached hydrogens (tertiary/aromatic N) is 4. The average Bonchev–Trinajstić information content (AvgIpc) is 3.41. The Balaban J connectivity index is 1.56. The average molecular weight is 489 g/mol. The van der Waals surface area contributed by atoms with Gasteiger partial charge in [-0.2, -0.15) is 8.78 Å². The molecule has 0 bridgehead atoms. The Hall–Kier alpha value is -2.55. The molecule has 4 rings (SSSR count). The summed E-state index contributed by atoms with van der Waals surface area (Å²) in [6, 6.07) is 2.46. The molecule has 2 aromatic heterocycles. The highest BCUT2D eigenvalue weighted by Gasteiger charge is 2.57. The number of thiazole rings is 1. The van der Waals surface area contributed by atoms with Crippen molar-refractivity contribution in [2.45, 2.75) is 37.2 Å². The molecule has 1 fully saturated rings. The van der Waals surface area contributed by atoms with Crippen LogP contribution in [0.2, 0.25) is 0 Å². The number of alkyl halides is 2. The van der Waals surface area contributed by atoms with Gasteiger partial charge in [0.25, 0.3) is 5.91 Å². The minimum absolute atomic E-state index is 0.000455. The quantitative estimate of drug-likeness (QED) is 0.484. The minimum Gasteiger partial charge on any atom is -0.433 e. The molecule has 174 valence electrons. The van der Waals surface area contributed by atoms with E-state index in [1.165, 1.54) is 34.8 Å². The van der Waals surface area contributed by atoms with Crippen LogP contribution >= 0.6 is 22.1 Å². The Kier molecular flexibility index (Phi) is 5.73. The molecule has 0 aromatic carbocycles. The van der Waals surface area contributed by atoms with E-state index in [1.54, 1.807) is 12.3 Å². The molecule has 0 radical (unpaired) electrons. The number of hydrogen-bond donors (Lipinski definition) is 4. The first-order valence-corrected chi connectivity index (χ1v) is 12.0. The molecule has 1 aliphatic carbocycles. The van der Waals surface area contributed by atoms with Crippen LogP contribution in [-0.4, -0.2) is 54.2 Å². The van der Waals surface area contributed by atoms with Crippen LogP contribution in [0.15, 0.2) is 28.7 Å². The van der Waals surface area contributed by atoms with Gasteiger partial charge in [0.05, 0.1) is 6.20 Å². The highest BCUT2D eigenvalue weighted by molar-refractivity contribution is 8.23. The molecule has 10 nitrogen and oxygen atoms in total. The summed E-state index contributed by atoms with van der Waals surface area (Å²) in [4.78, 5) is 25.3. The van der Waals surface area contributed by atoms with Gasteiger partial charge in [0.1, 0.15) is 33.1 Å². The Labute approximate surface area is 188 Å². The van der Waals surface area contributed by atoms with Crippen molar-refractivity contribution in [1.82, 2.24) is 14.3 Å². The molecule has 14 heteroatoms. The van der Waals surface area contributed by atoms with Gasteiger partial charge in [0, 0.05) is 12.4 Å². The lowest BCUT2D eigenvalue weighted by molar-refractivity contribution is -0.0500. The van der Waals surface area contributed by atoms with Gasteiger partial charge in [0.15, 0.2) is 0 Å². The van der Waals surface area contributed by atoms with E-state index in [1.807, 2.05) is 0 Å². The highest BCUT2D eigenvalue weighted by atomic mass is 32.3. The van der Waals surface area contributed by atoms with Gasteiger partial charge in [-0.3, -0.25) is 13.9 Å². The number of carbonyl (C=O) groups is 1. The van der Waals surface area contributed by atoms with Gasteiger partial charge in [-0.05, 0) is 37.8 Å². The molecule has 32 heavy (non-hydrogen) atoms. The maximum atomic E-state index is 12.5. The van der Waals surface area contributed by atoms with Gasteiger partial charge >= 0.3 is 6.61 Å². The Bertz CT molecular complexity index is 1050. The first-order valence-electron chi connectivity index (χ1n) is 9.57. The zero-order valence-electron chi connectivity index (χ0n) is 17.1. The van der Waals surface area contributed by atoms with E-state index < -0.39 is 34.1 Å². The van der Waals surface area contributed by atoms with Crippen LogP contribution in [0.25, 0.3) is 0 Å². The summed E-state index contributed by atoms with van der Waals surface area (Å²) >= 11 is 1.21. The van der Waals surface area contributed by atoms with Crippen molar-refractivity contribution in [2.24, 2.45) is 16.6 Å². The van der Waals surface area contributed by atoms with Crippen LogP contribution in [0.1, 0.15) is 35.3 Å². The Morgan fingerprint density at radius 1 is 1.44 bits per heavy atom. The number of nitrogens with one attached hydrogen (secondary N) is 1. The lowest BCUT2D eigenvalue weighted by Gasteiger charge is -2.54. The third-order valence-electron chi connectivity index (χ3n) is 5.39. The molecule has 0 unspecified atom stereocenters. The number of hydrogen-bond acceptors (Lipinski definition) is 10. The van der Waals surface area contributed by atoms with Crippen LogP contribution in [0.4, 0.5) is 14.6 Å². The van der Waals surface area contributed by atoms with E-state index in [4.69, 9.17) is 5.73 Å². The zero-order chi connectivity index (χ0) is 23.3. The number of carbonyl (C=O) groups excluding carboxylic acids is 1. The fraction of sp³-hybridized carbons (Fsp3) is 0.444. The molecular weight excluding hydrogens is 466 g/mol. The van der Waals surface area contributed by atoms with Crippen molar-refractivity contribution in [3.63, 3.8) is 0 Å². The number of aliphatic imine (C=N–C) groups is 1. The second-order valence-electron chi connectivity index (χ2n) is 7.68. The van der Waals surface area contributed by atoms with Gasteiger partial charge < -0.3 is 15.8 Å². The molecular formula is C18H22F2N6O4S2. The van der Waals surface area contributed by atoms with Crippen molar-refractivity contribution >= 4 is 39.8 Å². The number of aromatic nitrogens is 2. The lowest BCUT2D eigenvalue weighted by Crippen LogP contribution is -2.54. The molecule has 5 N–H and O–H groups in total. The van der Waals surface area contributed by atoms with E-state index in [2.05, 4.69) is 25.0 Å². The number of nitrogens with two attached hydrogens (primary N) is 1. The largest absolute Gasteiger partial charge is 0.433 e. The second-order valence-corrected chi connectivity index (χ2v) is 10.7. The summed E-state index contributed by atoms with van der Waals surface area (Å²) in [6.45, 7) is -1.22. The normalized spacial score (nSPS) is 25.9. The maximum Gasteiger partial charge on any atom is 0.387 e. The number of guanidine groups is 1. The third kappa shape index (κ3) is 4.10. The molecule has 1 amide bonds. The van der Waals surface area contributed by atoms with Crippen LogP contribution < -0.4 is 15.8 Å². The summed E-state index contributed by atoms with van der Waals surface area (Å²) in [5, 5.41) is 4.09. The molecule has 0 spiro atoms. The summed E-state index contributed by atoms with van der Waals surface area (Å²) in [5.41, 5.74) is 4.89. The summed E-state index contributed by atoms with van der Waals surface area (Å²) < 4.78 is 51.7. The topological polar surface area (TPSA) is 146 Å². The van der Waals surface area contributed by atoms with Crippen molar-refractivity contribution in [3.8, 4) is 5.75 Å². The van der Waals surface area contributed by atoms with Crippen molar-refractivity contribution in [2.75, 3.05) is 12.4 Å². The van der Waals surface area contributed by atoms with Gasteiger partial charge in [-0.15, -0.1) is 22.1 Å². The third-order valence-corrected chi connectivity index (χ3v) is 8.98. The van der Waals surface area contributed by atoms with Crippen LogP contribution in [0.3, 0.4) is 0 Å². The van der Waals surface area contributed by atoms with Crippen LogP contribution in [0.5, 0.6) is 5.75 Å². The Morgan fingerprint density at radius 3 is 2.75 bits per heavy atom. The second kappa shape index (κ2) is 8.10. The number of amides is 1. The van der Waals surface area contributed by atoms with E-state index in [0.29, 0.717) is 5.01 Å². The van der Waals surface area contributed by atoms with Crippen LogP contribution in [0, 0.1) is 5.92 Å². The fourth-order valence-corrected chi connectivity index (χ4v) is 6.90. The van der Waals surface area contributed by atoms with Crippen molar-refractivity contribution < 1.29 is 27.4 Å². The smallest absolute Gasteiger partial charge is 0.387 e. The summed E-state index contributed by atoms with van der Waals surface area (Å²) in [5.74, 6) is -0.456. The maximum absolute atomic E-state index is 12.5. The molecule has 1 aliphatic heterocycles. The predicted octanol–water partition coefficient (Wildman–Crippen LogP) is 3.31. The predicted molar refractivity (Wildman–Crippen MR) is 117 cm³/mol. The molecule has 2 atom stereocenters. The number of ether oxygens (including phenoxy) is 1. The van der Waals surface area contributed by atoms with Gasteiger partial charge in [0.2, 0.25) is 5.96 Å². The number of anilines is 1. The first-order chi connectivity index (χ1) is 15.0. The summed E-state index contributed by atoms with van der Waals surface area (Å²) in [6.07, 6.45) is 2.73. The fourth-order valence-electron chi connectivity index (χ4n) is 3.70. The molecule has 3 heterocycles. The van der Waals surface area contributed by atoms with E-state index in [-0.39, 0.29) is 29.1 Å². The first kappa shape index (κ1) is 22.6. The highest BCUT2D eigenvalue weighted by Crippen LogP contribution is 2.64. The minimum atomic E-state index is -3.23. The molecule has 1 saturated carbocycles. The van der Waals surface area contributed by atoms with E-state index in [0.717, 1.165) is 19.0 Å². The SMILES string of the molecule is CN1C(N)=N[C@](C)(c2nc(NC(=O)c3ccc(OC(F)F)cn3)cs2)[C@@H](C2CC2)S1(O)O. The van der Waals surface area contributed by atoms with Gasteiger partial charge in [-0.25, -0.2) is 19.3 Å². The summed E-state index contributed by atoms with van der Waals surface area (Å²) in [7, 11) is -1.73. The van der Waals surface area contributed by atoms with Crippen molar-refractivity contribution in [1.29, 1.82) is 0 Å². The van der Waals surface area contributed by atoms with E-state index >= 15 is 0 Å². The number of pyridine rings is 1. The molecule has 2 aliphatic rings. The molecule has 2 aromatic rings. The van der Waals surface area contributed by atoms with Crippen molar-refractivity contribution in [3.05, 3.63) is 34.4 Å².